The highest BCUT2D eigenvalue weighted by Crippen LogP contribution is 2.43. The van der Waals surface area contributed by atoms with E-state index < -0.39 is 29.4 Å². The van der Waals surface area contributed by atoms with Crippen LogP contribution in [0.5, 0.6) is 0 Å². The number of benzene rings is 1. The number of aliphatic hydroxyl groups is 1. The lowest BCUT2D eigenvalue weighted by Crippen LogP contribution is -2.31. The minimum absolute atomic E-state index is 0.0180. The van der Waals surface area contributed by atoms with Gasteiger partial charge in [-0.3, -0.25) is 34.4 Å². The number of rotatable bonds is 10. The minimum atomic E-state index is -0.736. The molecule has 4 amide bonds. The summed E-state index contributed by atoms with van der Waals surface area (Å²) >= 11 is 0. The molecular weight excluding hydrogens is 620 g/mol. The number of aliphatic hydroxyl groups excluding tert-OH is 1. The third-order valence-electron chi connectivity index (χ3n) is 8.81. The van der Waals surface area contributed by atoms with Crippen LogP contribution in [0, 0.1) is 0 Å². The fourth-order valence-electron chi connectivity index (χ4n) is 6.24. The van der Waals surface area contributed by atoms with Gasteiger partial charge in [0.2, 0.25) is 29.4 Å². The number of piperidine rings is 2. The number of carbonyl (C=O) groups excluding carboxylic acids is 5. The number of hydrogen-bond donors (Lipinski definition) is 6. The van der Waals surface area contributed by atoms with Gasteiger partial charge in [-0.05, 0) is 75.0 Å². The maximum absolute atomic E-state index is 13.9. The van der Waals surface area contributed by atoms with Gasteiger partial charge in [-0.1, -0.05) is 0 Å². The molecule has 0 atom stereocenters. The zero-order valence-corrected chi connectivity index (χ0v) is 26.6. The molecule has 0 bridgehead atoms. The first-order chi connectivity index (χ1) is 23.2. The van der Waals surface area contributed by atoms with E-state index in [4.69, 9.17) is 10.4 Å². The van der Waals surface area contributed by atoms with Crippen LogP contribution in [-0.2, 0) is 24.0 Å². The highest BCUT2D eigenvalue weighted by atomic mass is 16.5. The maximum atomic E-state index is 13.9. The SMILES string of the molecule is O=C(CCC(=O)NO)N=C1C=C(N2CCCCC2)C=CC1=C1C(=O)C(c2ccc(N3CCCCC3)cc2NC(=O)CCC(=O)NO)=C1O. The second-order valence-electron chi connectivity index (χ2n) is 12.1. The van der Waals surface area contributed by atoms with Crippen molar-refractivity contribution in [2.45, 2.75) is 64.2 Å². The fraction of sp³-hybridized carbons (Fsp3) is 0.412. The molecule has 48 heavy (non-hydrogen) atoms. The summed E-state index contributed by atoms with van der Waals surface area (Å²) in [6, 6.07) is 5.24. The number of hydrogen-bond acceptors (Lipinski definition) is 10. The van der Waals surface area contributed by atoms with Crippen molar-refractivity contribution in [1.82, 2.24) is 15.9 Å². The van der Waals surface area contributed by atoms with Crippen LogP contribution in [0.25, 0.3) is 5.57 Å². The lowest BCUT2D eigenvalue weighted by Gasteiger charge is -2.32. The molecule has 2 saturated heterocycles. The molecular formula is C34H40N6O8. The Morgan fingerprint density at radius 3 is 1.98 bits per heavy atom. The molecule has 0 saturated carbocycles. The van der Waals surface area contributed by atoms with Crippen LogP contribution in [0.1, 0.15) is 69.8 Å². The molecule has 0 spiro atoms. The number of aliphatic imine (C=N–C) groups is 1. The first kappa shape index (κ1) is 34.3. The molecule has 5 rings (SSSR count). The second kappa shape index (κ2) is 15.7. The van der Waals surface area contributed by atoms with Gasteiger partial charge in [-0.2, -0.15) is 0 Å². The second-order valence-corrected chi connectivity index (χ2v) is 12.1. The maximum Gasteiger partial charge on any atom is 0.246 e. The average molecular weight is 661 g/mol. The number of anilines is 2. The van der Waals surface area contributed by atoms with E-state index in [0.717, 1.165) is 76.1 Å². The molecule has 6 N–H and O–H groups in total. The number of carbonyl (C=O) groups is 5. The van der Waals surface area contributed by atoms with E-state index in [2.05, 4.69) is 20.1 Å². The Balaban J connectivity index is 1.51. The molecule has 2 aliphatic carbocycles. The van der Waals surface area contributed by atoms with Crippen molar-refractivity contribution in [2.75, 3.05) is 36.4 Å². The van der Waals surface area contributed by atoms with Gasteiger partial charge in [0.05, 0.1) is 22.5 Å². The van der Waals surface area contributed by atoms with Crippen LogP contribution in [0.3, 0.4) is 0 Å². The Morgan fingerprint density at radius 2 is 1.35 bits per heavy atom. The van der Waals surface area contributed by atoms with E-state index in [1.54, 1.807) is 24.3 Å². The minimum Gasteiger partial charge on any atom is -0.506 e. The quantitative estimate of drug-likeness (QED) is 0.123. The van der Waals surface area contributed by atoms with Crippen LogP contribution < -0.4 is 21.2 Å². The first-order valence-corrected chi connectivity index (χ1v) is 16.2. The van der Waals surface area contributed by atoms with Gasteiger partial charge < -0.3 is 20.2 Å². The van der Waals surface area contributed by atoms with Gasteiger partial charge in [0.15, 0.2) is 0 Å². The van der Waals surface area contributed by atoms with Crippen LogP contribution >= 0.6 is 0 Å². The van der Waals surface area contributed by atoms with Crippen molar-refractivity contribution in [3.8, 4) is 0 Å². The standard InChI is InChI=1S/C34H40N6O8/c41-27(11-13-29(43)37-47)35-25-19-21(39-15-3-1-4-16-39)7-9-23(25)31-33(45)32(34(31)46)24-10-8-22(40-17-5-2-6-18-40)20-26(24)36-28(42)12-14-30(44)38-48/h7-10,19-20,45,47-48H,1-6,11-18H2,(H,35,41)(H,37,43)(H,38,44). The van der Waals surface area contributed by atoms with Gasteiger partial charge in [0.1, 0.15) is 5.76 Å². The highest BCUT2D eigenvalue weighted by molar-refractivity contribution is 6.42. The zero-order chi connectivity index (χ0) is 34.2. The third-order valence-corrected chi connectivity index (χ3v) is 8.81. The lowest BCUT2D eigenvalue weighted by molar-refractivity contribution is -0.131. The summed E-state index contributed by atoms with van der Waals surface area (Å²) < 4.78 is 0. The summed E-state index contributed by atoms with van der Waals surface area (Å²) in [5.41, 5.74) is 5.55. The fourth-order valence-corrected chi connectivity index (χ4v) is 6.24. The monoisotopic (exact) mass is 660 g/mol. The Kier molecular flexibility index (Phi) is 11.2. The van der Waals surface area contributed by atoms with Crippen LogP contribution in [0.4, 0.5) is 11.4 Å². The highest BCUT2D eigenvalue weighted by Gasteiger charge is 2.39. The zero-order valence-electron chi connectivity index (χ0n) is 26.6. The lowest BCUT2D eigenvalue weighted by atomic mass is 9.78. The molecule has 4 aliphatic rings. The van der Waals surface area contributed by atoms with Crippen LogP contribution in [0.15, 0.2) is 64.0 Å². The topological polar surface area (TPSA) is 201 Å². The third kappa shape index (κ3) is 7.89. The summed E-state index contributed by atoms with van der Waals surface area (Å²) in [5.74, 6) is -3.45. The average Bonchev–Trinajstić information content (AvgIpc) is 3.11. The molecule has 0 aromatic heterocycles. The van der Waals surface area contributed by atoms with Crippen molar-refractivity contribution in [1.29, 1.82) is 0 Å². The summed E-state index contributed by atoms with van der Waals surface area (Å²) in [4.78, 5) is 71.0. The van der Waals surface area contributed by atoms with E-state index in [1.165, 1.54) is 11.0 Å². The number of nitrogens with one attached hydrogen (secondary N) is 3. The number of hydroxylamine groups is 2. The van der Waals surface area contributed by atoms with Crippen molar-refractivity contribution >= 4 is 52.1 Å². The molecule has 0 radical (unpaired) electrons. The predicted octanol–water partition coefficient (Wildman–Crippen LogP) is 3.24. The Hall–Kier alpha value is -5.08. The van der Waals surface area contributed by atoms with E-state index in [1.807, 2.05) is 12.1 Å². The molecule has 0 unspecified atom stereocenters. The molecule has 14 heteroatoms. The van der Waals surface area contributed by atoms with Gasteiger partial charge >= 0.3 is 0 Å². The summed E-state index contributed by atoms with van der Waals surface area (Å²) in [6.07, 6.45) is 10.4. The smallest absolute Gasteiger partial charge is 0.246 e. The number of ketones is 1. The first-order valence-electron chi connectivity index (χ1n) is 16.2. The van der Waals surface area contributed by atoms with Crippen molar-refractivity contribution < 1.29 is 39.5 Å². The van der Waals surface area contributed by atoms with E-state index in [9.17, 15) is 29.1 Å². The molecule has 14 nitrogen and oxygen atoms in total. The number of amides is 4. The van der Waals surface area contributed by atoms with E-state index in [-0.39, 0.29) is 65.1 Å². The predicted molar refractivity (Wildman–Crippen MR) is 176 cm³/mol. The van der Waals surface area contributed by atoms with Gasteiger partial charge in [-0.25, -0.2) is 16.0 Å². The van der Waals surface area contributed by atoms with E-state index in [0.29, 0.717) is 0 Å². The number of likely N-dealkylation sites (tertiary alicyclic amines) is 1. The van der Waals surface area contributed by atoms with E-state index >= 15 is 0 Å². The molecule has 2 heterocycles. The van der Waals surface area contributed by atoms with Crippen molar-refractivity contribution in [3.05, 3.63) is 64.6 Å². The summed E-state index contributed by atoms with van der Waals surface area (Å²) in [6.45, 7) is 3.30. The van der Waals surface area contributed by atoms with Crippen LogP contribution in [0.2, 0.25) is 0 Å². The van der Waals surface area contributed by atoms with Crippen molar-refractivity contribution in [2.24, 2.45) is 4.99 Å². The normalized spacial score (nSPS) is 20.3. The number of nitrogens with zero attached hydrogens (tertiary/aromatic N) is 3. The van der Waals surface area contributed by atoms with Gasteiger partial charge in [0, 0.05) is 74.4 Å². The Morgan fingerprint density at radius 1 is 0.750 bits per heavy atom. The molecule has 1 aromatic carbocycles. The number of Topliss-reactive ketones (excluding diaryl/α,β-unsaturated/α-hetero) is 1. The molecule has 2 aliphatic heterocycles. The van der Waals surface area contributed by atoms with Gasteiger partial charge in [-0.15, -0.1) is 0 Å². The molecule has 254 valence electrons. The van der Waals surface area contributed by atoms with Gasteiger partial charge in [0.25, 0.3) is 0 Å². The Labute approximate surface area is 277 Å². The summed E-state index contributed by atoms with van der Waals surface area (Å²) in [5, 5.41) is 31.8. The van der Waals surface area contributed by atoms with Crippen molar-refractivity contribution in [3.63, 3.8) is 0 Å². The van der Waals surface area contributed by atoms with Crippen LogP contribution in [-0.4, -0.2) is 81.7 Å². The summed E-state index contributed by atoms with van der Waals surface area (Å²) in [7, 11) is 0. The number of allylic oxidation sites excluding steroid dienone is 6. The largest absolute Gasteiger partial charge is 0.506 e. The molecule has 1 aromatic rings. The molecule has 2 fully saturated rings. The Bertz CT molecular complexity index is 1640.